The molecule has 3 heterocycles. The highest BCUT2D eigenvalue weighted by Gasteiger charge is 2.43. The van der Waals surface area contributed by atoms with Gasteiger partial charge in [-0.1, -0.05) is 0 Å². The van der Waals surface area contributed by atoms with Crippen molar-refractivity contribution in [1.29, 1.82) is 0 Å². The third-order valence-corrected chi connectivity index (χ3v) is 5.86. The molecule has 2 saturated carbocycles. The van der Waals surface area contributed by atoms with Crippen LogP contribution in [0.3, 0.4) is 0 Å². The predicted molar refractivity (Wildman–Crippen MR) is 108 cm³/mol. The largest absolute Gasteiger partial charge is 0.310 e. The van der Waals surface area contributed by atoms with Gasteiger partial charge in [0.15, 0.2) is 0 Å². The van der Waals surface area contributed by atoms with Crippen molar-refractivity contribution < 1.29 is 13.6 Å². The van der Waals surface area contributed by atoms with Gasteiger partial charge < -0.3 is 9.88 Å². The molecule has 2 atom stereocenters. The average molecular weight is 410 g/mol. The second-order valence-corrected chi connectivity index (χ2v) is 8.19. The van der Waals surface area contributed by atoms with Gasteiger partial charge in [0.1, 0.15) is 17.8 Å². The molecule has 2 aliphatic rings. The number of aromatic nitrogens is 3. The molecule has 3 aromatic heterocycles. The molecule has 2 aliphatic carbocycles. The van der Waals surface area contributed by atoms with Crippen LogP contribution in [-0.4, -0.2) is 26.6 Å². The second-order valence-electron chi connectivity index (χ2n) is 8.19. The van der Waals surface area contributed by atoms with Crippen LogP contribution in [-0.2, 0) is 11.3 Å². The summed E-state index contributed by atoms with van der Waals surface area (Å²) in [4.78, 5) is 33.6. The Balaban J connectivity index is 1.62. The fourth-order valence-electron chi connectivity index (χ4n) is 3.70. The maximum atomic E-state index is 14.1. The lowest BCUT2D eigenvalue weighted by atomic mass is 10.0. The van der Waals surface area contributed by atoms with E-state index in [0.717, 1.165) is 19.0 Å². The number of carbonyl (C=O) groups excluding carboxylic acids is 1. The van der Waals surface area contributed by atoms with Crippen molar-refractivity contribution in [3.05, 3.63) is 52.5 Å². The van der Waals surface area contributed by atoms with Gasteiger partial charge in [-0.2, -0.15) is 0 Å². The van der Waals surface area contributed by atoms with Crippen molar-refractivity contribution in [2.45, 2.75) is 38.9 Å². The third-order valence-electron chi connectivity index (χ3n) is 5.86. The average Bonchev–Trinajstić information content (AvgIpc) is 3.64. The van der Waals surface area contributed by atoms with Crippen LogP contribution >= 0.6 is 0 Å². The number of nitrogens with zero attached hydrogens (tertiary/aromatic N) is 3. The lowest BCUT2D eigenvalue weighted by Crippen LogP contribution is -2.24. The first-order valence-corrected chi connectivity index (χ1v) is 10.0. The molecule has 6 nitrogen and oxygen atoms in total. The molecule has 0 aromatic carbocycles. The van der Waals surface area contributed by atoms with Crippen molar-refractivity contribution in [2.75, 3.05) is 5.32 Å². The van der Waals surface area contributed by atoms with Crippen LogP contribution in [0.5, 0.6) is 0 Å². The van der Waals surface area contributed by atoms with Crippen LogP contribution in [0.1, 0.15) is 24.8 Å². The first kappa shape index (κ1) is 18.8. The number of nitrogens with one attached hydrogen (secondary N) is 1. The summed E-state index contributed by atoms with van der Waals surface area (Å²) < 4.78 is 28.9. The summed E-state index contributed by atoms with van der Waals surface area (Å²) in [5, 5.41) is 3.34. The summed E-state index contributed by atoms with van der Waals surface area (Å²) in [7, 11) is 0. The second kappa shape index (κ2) is 6.97. The zero-order valence-corrected chi connectivity index (χ0v) is 16.4. The minimum Gasteiger partial charge on any atom is -0.310 e. The van der Waals surface area contributed by atoms with Crippen molar-refractivity contribution in [2.24, 2.45) is 11.8 Å². The Hall–Kier alpha value is -3.16. The van der Waals surface area contributed by atoms with E-state index in [-0.39, 0.29) is 17.8 Å². The van der Waals surface area contributed by atoms with Gasteiger partial charge in [0.25, 0.3) is 5.56 Å². The van der Waals surface area contributed by atoms with Gasteiger partial charge in [0.05, 0.1) is 17.6 Å². The minimum absolute atomic E-state index is 0.232. The molecule has 3 aromatic rings. The molecule has 2 fully saturated rings. The van der Waals surface area contributed by atoms with Crippen molar-refractivity contribution in [3.63, 3.8) is 0 Å². The molecule has 1 amide bonds. The van der Waals surface area contributed by atoms with Crippen LogP contribution in [0.25, 0.3) is 22.0 Å². The first-order valence-electron chi connectivity index (χ1n) is 10.0. The molecule has 30 heavy (non-hydrogen) atoms. The van der Waals surface area contributed by atoms with E-state index in [1.807, 2.05) is 0 Å². The zero-order chi connectivity index (χ0) is 21.0. The Kier molecular flexibility index (Phi) is 4.38. The molecule has 0 saturated heterocycles. The Bertz CT molecular complexity index is 1240. The zero-order valence-electron chi connectivity index (χ0n) is 16.4. The van der Waals surface area contributed by atoms with Gasteiger partial charge in [-0.25, -0.2) is 13.8 Å². The number of carbonyl (C=O) groups is 1. The van der Waals surface area contributed by atoms with E-state index in [4.69, 9.17) is 0 Å². The van der Waals surface area contributed by atoms with Crippen LogP contribution < -0.4 is 10.9 Å². The van der Waals surface area contributed by atoms with Crippen LogP contribution in [0.2, 0.25) is 0 Å². The molecule has 0 spiro atoms. The molecule has 0 radical (unpaired) electrons. The molecule has 0 unspecified atom stereocenters. The van der Waals surface area contributed by atoms with Gasteiger partial charge >= 0.3 is 0 Å². The summed E-state index contributed by atoms with van der Waals surface area (Å²) in [6, 6.07) is 3.33. The lowest BCUT2D eigenvalue weighted by Gasteiger charge is -2.15. The van der Waals surface area contributed by atoms with Gasteiger partial charge in [-0.15, -0.1) is 0 Å². The van der Waals surface area contributed by atoms with E-state index in [2.05, 4.69) is 15.3 Å². The molecule has 8 heteroatoms. The number of hydrogen-bond acceptors (Lipinski definition) is 4. The van der Waals surface area contributed by atoms with Gasteiger partial charge in [-0.3, -0.25) is 14.6 Å². The topological polar surface area (TPSA) is 76.9 Å². The highest BCUT2D eigenvalue weighted by molar-refractivity contribution is 5.95. The van der Waals surface area contributed by atoms with Crippen LogP contribution in [0.15, 0.2) is 35.5 Å². The highest BCUT2D eigenvalue weighted by Crippen LogP contribution is 2.35. The molecule has 0 aliphatic heterocycles. The maximum Gasteiger partial charge on any atom is 0.259 e. The summed E-state index contributed by atoms with van der Waals surface area (Å²) in [5.74, 6) is -0.793. The normalized spacial score (nSPS) is 20.4. The number of anilines is 1. The summed E-state index contributed by atoms with van der Waals surface area (Å²) >= 11 is 0. The number of pyridine rings is 3. The molecule has 5 rings (SSSR count). The third kappa shape index (κ3) is 3.36. The van der Waals surface area contributed by atoms with E-state index in [0.29, 0.717) is 40.1 Å². The minimum atomic E-state index is -1.09. The number of fused-ring (bicyclic) bond motifs is 1. The lowest BCUT2D eigenvalue weighted by molar-refractivity contribution is -0.117. The fourth-order valence-corrected chi connectivity index (χ4v) is 3.70. The van der Waals surface area contributed by atoms with Crippen molar-refractivity contribution >= 4 is 22.6 Å². The monoisotopic (exact) mass is 410 g/mol. The number of rotatable bonds is 5. The number of amides is 1. The number of alkyl halides is 1. The van der Waals surface area contributed by atoms with Gasteiger partial charge in [0.2, 0.25) is 5.91 Å². The predicted octanol–water partition coefficient (Wildman–Crippen LogP) is 3.61. The Labute approximate surface area is 171 Å². The van der Waals surface area contributed by atoms with E-state index < -0.39 is 23.8 Å². The molecular formula is C22H20F2N4O2. The first-order chi connectivity index (χ1) is 14.4. The molecule has 154 valence electrons. The van der Waals surface area contributed by atoms with Gasteiger partial charge in [0, 0.05) is 41.5 Å². The fraction of sp³-hybridized carbons (Fsp3) is 0.364. The standard InChI is InChI=1S/C22H20F2N4O2/c1-11-16(8-25-9-18(11)24)14-4-13-7-26-20(27-21(29)15-5-17(15)23)6-19(13)28(22(14)30)10-12-2-3-12/h4,6-9,12,15,17H,2-3,5,10H2,1H3,(H,26,27,29)/t15-,17-/m0/s1. The van der Waals surface area contributed by atoms with E-state index in [1.165, 1.54) is 6.20 Å². The Morgan fingerprint density at radius 2 is 2.00 bits per heavy atom. The van der Waals surface area contributed by atoms with E-state index >= 15 is 0 Å². The quantitative estimate of drug-likeness (QED) is 0.697. The van der Waals surface area contributed by atoms with E-state index in [1.54, 1.807) is 29.8 Å². The molecular weight excluding hydrogens is 390 g/mol. The Morgan fingerprint density at radius 1 is 1.23 bits per heavy atom. The summed E-state index contributed by atoms with van der Waals surface area (Å²) in [6.45, 7) is 2.16. The maximum absolute atomic E-state index is 14.1. The van der Waals surface area contributed by atoms with Crippen molar-refractivity contribution in [1.82, 2.24) is 14.5 Å². The van der Waals surface area contributed by atoms with Crippen LogP contribution in [0.4, 0.5) is 14.6 Å². The Morgan fingerprint density at radius 3 is 2.70 bits per heavy atom. The highest BCUT2D eigenvalue weighted by atomic mass is 19.1. The van der Waals surface area contributed by atoms with Gasteiger partial charge in [-0.05, 0) is 43.7 Å². The molecule has 1 N–H and O–H groups in total. The summed E-state index contributed by atoms with van der Waals surface area (Å²) in [5.41, 5.74) is 1.58. The van der Waals surface area contributed by atoms with E-state index in [9.17, 15) is 18.4 Å². The van der Waals surface area contributed by atoms with Crippen LogP contribution in [0, 0.1) is 24.6 Å². The summed E-state index contributed by atoms with van der Waals surface area (Å²) in [6.07, 6.45) is 5.42. The van der Waals surface area contributed by atoms with Crippen molar-refractivity contribution in [3.8, 4) is 11.1 Å². The SMILES string of the molecule is Cc1c(F)cncc1-c1cc2cnc(NC(=O)[C@H]3C[C@@H]3F)cc2n(CC2CC2)c1=O. The molecule has 0 bridgehead atoms. The number of halogens is 2. The number of hydrogen-bond donors (Lipinski definition) is 1. The smallest absolute Gasteiger partial charge is 0.259 e.